The van der Waals surface area contributed by atoms with Crippen LogP contribution in [-0.2, 0) is 0 Å². The van der Waals surface area contributed by atoms with Gasteiger partial charge in [-0.1, -0.05) is 48.5 Å². The quantitative estimate of drug-likeness (QED) is 0.355. The third kappa shape index (κ3) is 3.26. The highest BCUT2D eigenvalue weighted by Crippen LogP contribution is 2.31. The number of nitrogens with one attached hydrogen (secondary N) is 1. The molecular weight excluding hydrogens is 344 g/mol. The van der Waals surface area contributed by atoms with E-state index in [0.29, 0.717) is 5.56 Å². The molecule has 1 aromatic heterocycles. The minimum absolute atomic E-state index is 0. The van der Waals surface area contributed by atoms with Gasteiger partial charge in [0.25, 0.3) is 0 Å². The van der Waals surface area contributed by atoms with E-state index in [2.05, 4.69) is 29.6 Å². The third-order valence-corrected chi connectivity index (χ3v) is 4.38. The summed E-state index contributed by atoms with van der Waals surface area (Å²) in [5.74, 6) is 0.0606. The van der Waals surface area contributed by atoms with Crippen molar-refractivity contribution in [3.63, 3.8) is 0 Å². The number of hydrogen-bond donors (Lipinski definition) is 1. The van der Waals surface area contributed by atoms with Crippen molar-refractivity contribution >= 4 is 51.2 Å². The van der Waals surface area contributed by atoms with Gasteiger partial charge in [-0.3, -0.25) is 9.78 Å². The Bertz CT molecular complexity index is 1120. The summed E-state index contributed by atoms with van der Waals surface area (Å²) in [5.41, 5.74) is 4.53. The summed E-state index contributed by atoms with van der Waals surface area (Å²) in [6.07, 6.45) is 0. The van der Waals surface area contributed by atoms with Gasteiger partial charge in [0.05, 0.1) is 5.52 Å². The van der Waals surface area contributed by atoms with Crippen LogP contribution in [0.4, 0.5) is 11.4 Å². The number of carbonyl (C=O) groups is 1. The molecule has 4 aromatic rings. The van der Waals surface area contributed by atoms with Gasteiger partial charge in [0.2, 0.25) is 0 Å². The molecule has 0 unspecified atom stereocenters. The standard InChI is InChI=1S/C22H18N2O.ClH/c1-14-12-21(24-18-8-5-7-17(13-18)15(2)25)20-11-10-16-6-3-4-9-19(16)22(20)23-14;/h3-13H,1-2H3,(H,23,24);1H. The summed E-state index contributed by atoms with van der Waals surface area (Å²) in [6, 6.07) is 22.1. The van der Waals surface area contributed by atoms with Crippen LogP contribution >= 0.6 is 12.4 Å². The number of halogens is 1. The average molecular weight is 363 g/mol. The molecule has 0 aliphatic heterocycles. The molecule has 130 valence electrons. The minimum atomic E-state index is 0. The summed E-state index contributed by atoms with van der Waals surface area (Å²) in [4.78, 5) is 16.4. The number of ketones is 1. The van der Waals surface area contributed by atoms with E-state index < -0.39 is 0 Å². The van der Waals surface area contributed by atoms with Crippen molar-refractivity contribution in [3.05, 3.63) is 78.0 Å². The number of pyridine rings is 1. The molecule has 26 heavy (non-hydrogen) atoms. The molecule has 1 N–H and O–H groups in total. The highest BCUT2D eigenvalue weighted by Gasteiger charge is 2.09. The van der Waals surface area contributed by atoms with Gasteiger partial charge in [0.15, 0.2) is 5.78 Å². The first kappa shape index (κ1) is 17.9. The fourth-order valence-electron chi connectivity index (χ4n) is 3.16. The van der Waals surface area contributed by atoms with Crippen LogP contribution in [0.1, 0.15) is 23.0 Å². The number of nitrogens with zero attached hydrogens (tertiary/aromatic N) is 1. The summed E-state index contributed by atoms with van der Waals surface area (Å²) in [7, 11) is 0. The number of anilines is 2. The van der Waals surface area contributed by atoms with Gasteiger partial charge in [0, 0.05) is 33.4 Å². The minimum Gasteiger partial charge on any atom is -0.355 e. The SMILES string of the molecule is CC(=O)c1cccc(Nc2cc(C)nc3c2ccc2ccccc23)c1.Cl. The fourth-order valence-corrected chi connectivity index (χ4v) is 3.16. The number of Topliss-reactive ketones (excluding diaryl/α,β-unsaturated/α-hetero) is 1. The van der Waals surface area contributed by atoms with Crippen LogP contribution in [0, 0.1) is 6.92 Å². The Morgan fingerprint density at radius 2 is 1.73 bits per heavy atom. The smallest absolute Gasteiger partial charge is 0.159 e. The van der Waals surface area contributed by atoms with Gasteiger partial charge in [0.1, 0.15) is 0 Å². The molecule has 0 saturated heterocycles. The van der Waals surface area contributed by atoms with Crippen LogP contribution in [-0.4, -0.2) is 10.8 Å². The first-order valence-corrected chi connectivity index (χ1v) is 8.29. The van der Waals surface area contributed by atoms with E-state index in [9.17, 15) is 4.79 Å². The number of hydrogen-bond acceptors (Lipinski definition) is 3. The van der Waals surface area contributed by atoms with Crippen LogP contribution in [0.5, 0.6) is 0 Å². The molecule has 0 bridgehead atoms. The zero-order valence-electron chi connectivity index (χ0n) is 14.6. The van der Waals surface area contributed by atoms with Crippen molar-refractivity contribution in [2.24, 2.45) is 0 Å². The summed E-state index contributed by atoms with van der Waals surface area (Å²) in [5, 5.41) is 6.84. The fraction of sp³-hybridized carbons (Fsp3) is 0.0909. The Morgan fingerprint density at radius 3 is 2.54 bits per heavy atom. The Morgan fingerprint density at radius 1 is 0.923 bits per heavy atom. The van der Waals surface area contributed by atoms with Crippen molar-refractivity contribution < 1.29 is 4.79 Å². The summed E-state index contributed by atoms with van der Waals surface area (Å²) >= 11 is 0. The van der Waals surface area contributed by atoms with Gasteiger partial charge < -0.3 is 5.32 Å². The molecule has 4 rings (SSSR count). The molecular formula is C22H19ClN2O. The second-order valence-electron chi connectivity index (χ2n) is 6.26. The molecule has 0 radical (unpaired) electrons. The Labute approximate surface area is 158 Å². The largest absolute Gasteiger partial charge is 0.355 e. The van der Waals surface area contributed by atoms with Crippen LogP contribution in [0.15, 0.2) is 66.7 Å². The van der Waals surface area contributed by atoms with Gasteiger partial charge in [-0.2, -0.15) is 0 Å². The number of aromatic nitrogens is 1. The van der Waals surface area contributed by atoms with E-state index in [-0.39, 0.29) is 18.2 Å². The predicted octanol–water partition coefficient (Wildman–Crippen LogP) is 6.06. The average Bonchev–Trinajstić information content (AvgIpc) is 2.61. The third-order valence-electron chi connectivity index (χ3n) is 4.38. The molecule has 0 amide bonds. The lowest BCUT2D eigenvalue weighted by Gasteiger charge is -2.13. The molecule has 0 aliphatic carbocycles. The molecule has 0 atom stereocenters. The predicted molar refractivity (Wildman–Crippen MR) is 111 cm³/mol. The first-order valence-electron chi connectivity index (χ1n) is 8.29. The normalized spacial score (nSPS) is 10.5. The van der Waals surface area contributed by atoms with Crippen molar-refractivity contribution in [2.75, 3.05) is 5.32 Å². The molecule has 0 spiro atoms. The maximum atomic E-state index is 11.6. The van der Waals surface area contributed by atoms with Gasteiger partial charge in [-0.15, -0.1) is 12.4 Å². The van der Waals surface area contributed by atoms with E-state index in [1.807, 2.05) is 49.4 Å². The topological polar surface area (TPSA) is 42.0 Å². The number of carbonyl (C=O) groups excluding carboxylic acids is 1. The number of benzene rings is 3. The van der Waals surface area contributed by atoms with Crippen LogP contribution in [0.25, 0.3) is 21.7 Å². The zero-order chi connectivity index (χ0) is 17.4. The van der Waals surface area contributed by atoms with Gasteiger partial charge >= 0.3 is 0 Å². The van der Waals surface area contributed by atoms with E-state index >= 15 is 0 Å². The van der Waals surface area contributed by atoms with Crippen LogP contribution < -0.4 is 5.32 Å². The Kier molecular flexibility index (Phi) is 4.92. The Hall–Kier alpha value is -2.91. The van der Waals surface area contributed by atoms with Crippen molar-refractivity contribution in [1.82, 2.24) is 4.98 Å². The van der Waals surface area contributed by atoms with Gasteiger partial charge in [-0.05, 0) is 37.4 Å². The first-order chi connectivity index (χ1) is 12.1. The maximum absolute atomic E-state index is 11.6. The molecule has 3 nitrogen and oxygen atoms in total. The number of fused-ring (bicyclic) bond motifs is 3. The highest BCUT2D eigenvalue weighted by atomic mass is 35.5. The second kappa shape index (κ2) is 7.14. The van der Waals surface area contributed by atoms with Crippen LogP contribution in [0.3, 0.4) is 0 Å². The lowest BCUT2D eigenvalue weighted by molar-refractivity contribution is 0.101. The lowest BCUT2D eigenvalue weighted by atomic mass is 10.0. The molecule has 3 aromatic carbocycles. The van der Waals surface area contributed by atoms with E-state index in [0.717, 1.165) is 33.4 Å². The van der Waals surface area contributed by atoms with E-state index in [1.54, 1.807) is 6.92 Å². The zero-order valence-corrected chi connectivity index (χ0v) is 15.4. The van der Waals surface area contributed by atoms with Gasteiger partial charge in [-0.25, -0.2) is 0 Å². The molecule has 0 aliphatic rings. The Balaban J connectivity index is 0.00000196. The summed E-state index contributed by atoms with van der Waals surface area (Å²) in [6.45, 7) is 3.58. The monoisotopic (exact) mass is 362 g/mol. The van der Waals surface area contributed by atoms with E-state index in [1.165, 1.54) is 5.39 Å². The molecule has 0 fully saturated rings. The summed E-state index contributed by atoms with van der Waals surface area (Å²) < 4.78 is 0. The van der Waals surface area contributed by atoms with Crippen molar-refractivity contribution in [1.29, 1.82) is 0 Å². The van der Waals surface area contributed by atoms with Crippen LogP contribution in [0.2, 0.25) is 0 Å². The van der Waals surface area contributed by atoms with E-state index in [4.69, 9.17) is 4.98 Å². The molecule has 0 saturated carbocycles. The molecule has 1 heterocycles. The number of aryl methyl sites for hydroxylation is 1. The lowest BCUT2D eigenvalue weighted by Crippen LogP contribution is -1.97. The maximum Gasteiger partial charge on any atom is 0.159 e. The number of rotatable bonds is 3. The molecule has 4 heteroatoms. The van der Waals surface area contributed by atoms with Crippen molar-refractivity contribution in [2.45, 2.75) is 13.8 Å². The highest BCUT2D eigenvalue weighted by molar-refractivity contribution is 6.09. The van der Waals surface area contributed by atoms with Crippen molar-refractivity contribution in [3.8, 4) is 0 Å². The second-order valence-corrected chi connectivity index (χ2v) is 6.26.